The zero-order valence-electron chi connectivity index (χ0n) is 24.5. The molecule has 216 valence electrons. The normalized spacial score (nSPS) is 16.7. The second-order valence-corrected chi connectivity index (χ2v) is 11.2. The molecule has 1 aliphatic rings. The molecule has 7 nitrogen and oxygen atoms in total. The van der Waals surface area contributed by atoms with E-state index in [1.165, 1.54) is 11.0 Å². The fourth-order valence-corrected chi connectivity index (χ4v) is 5.49. The van der Waals surface area contributed by atoms with Gasteiger partial charge in [0.2, 0.25) is 0 Å². The Hall–Kier alpha value is -4.78. The van der Waals surface area contributed by atoms with Crippen molar-refractivity contribution in [3.8, 4) is 17.2 Å². The number of hydrogen-bond acceptors (Lipinski definition) is 6. The highest BCUT2D eigenvalue weighted by Gasteiger charge is 2.47. The lowest BCUT2D eigenvalue weighted by molar-refractivity contribution is -0.132. The van der Waals surface area contributed by atoms with Crippen LogP contribution < -0.4 is 14.4 Å². The first-order valence-electron chi connectivity index (χ1n) is 14.1. The van der Waals surface area contributed by atoms with Crippen molar-refractivity contribution >= 4 is 33.9 Å². The van der Waals surface area contributed by atoms with Crippen LogP contribution in [-0.2, 0) is 15.0 Å². The van der Waals surface area contributed by atoms with E-state index < -0.39 is 17.7 Å². The molecule has 0 spiro atoms. The molecule has 7 heteroatoms. The summed E-state index contributed by atoms with van der Waals surface area (Å²) in [5.74, 6) is -1.01. The summed E-state index contributed by atoms with van der Waals surface area (Å²) in [5.41, 5.74) is 1.92. The largest absolute Gasteiger partial charge is 0.507 e. The molecule has 1 unspecified atom stereocenters. The third-order valence-electron chi connectivity index (χ3n) is 7.43. The van der Waals surface area contributed by atoms with Crippen LogP contribution in [0.5, 0.6) is 17.2 Å². The molecule has 4 aromatic rings. The average molecular weight is 566 g/mol. The molecule has 1 heterocycles. The molecule has 0 aromatic heterocycles. The van der Waals surface area contributed by atoms with E-state index >= 15 is 0 Å². The first-order chi connectivity index (χ1) is 20.1. The Morgan fingerprint density at radius 1 is 0.857 bits per heavy atom. The standard InChI is InChI=1S/C35H35NO6/c1-6-41-28-18-16-23(19-25(28)35(3,4)5)32(38)30-31(22-15-17-27(37)29(20-22)42-7-2)36(34(40)33(30)39)26-14-10-12-21-11-8-9-13-24(21)26/h8-20,31,37-38H,6-7H2,1-5H3/b32-30+. The Labute approximate surface area is 245 Å². The number of aliphatic hydroxyl groups is 1. The summed E-state index contributed by atoms with van der Waals surface area (Å²) in [6.45, 7) is 10.6. The van der Waals surface area contributed by atoms with Gasteiger partial charge in [0.1, 0.15) is 11.5 Å². The Kier molecular flexibility index (Phi) is 7.69. The van der Waals surface area contributed by atoms with Gasteiger partial charge < -0.3 is 19.7 Å². The number of fused-ring (bicyclic) bond motifs is 1. The minimum atomic E-state index is -0.986. The van der Waals surface area contributed by atoms with Gasteiger partial charge in [-0.3, -0.25) is 14.5 Å². The van der Waals surface area contributed by atoms with Gasteiger partial charge in [-0.2, -0.15) is 0 Å². The van der Waals surface area contributed by atoms with Crippen LogP contribution in [0.4, 0.5) is 5.69 Å². The minimum Gasteiger partial charge on any atom is -0.507 e. The maximum atomic E-state index is 13.9. The predicted octanol–water partition coefficient (Wildman–Crippen LogP) is 7.27. The van der Waals surface area contributed by atoms with Crippen LogP contribution in [0, 0.1) is 0 Å². The molecular weight excluding hydrogens is 530 g/mol. The number of ether oxygens (including phenoxy) is 2. The summed E-state index contributed by atoms with van der Waals surface area (Å²) in [6, 6.07) is 22.2. The smallest absolute Gasteiger partial charge is 0.300 e. The highest BCUT2D eigenvalue weighted by atomic mass is 16.5. The van der Waals surface area contributed by atoms with Crippen LogP contribution in [0.1, 0.15) is 57.4 Å². The van der Waals surface area contributed by atoms with Crippen molar-refractivity contribution in [1.29, 1.82) is 0 Å². The third-order valence-corrected chi connectivity index (χ3v) is 7.43. The van der Waals surface area contributed by atoms with E-state index in [-0.39, 0.29) is 28.2 Å². The predicted molar refractivity (Wildman–Crippen MR) is 164 cm³/mol. The highest BCUT2D eigenvalue weighted by molar-refractivity contribution is 6.52. The molecule has 0 radical (unpaired) electrons. The van der Waals surface area contributed by atoms with Crippen molar-refractivity contribution in [1.82, 2.24) is 0 Å². The fraction of sp³-hybridized carbons (Fsp3) is 0.257. The first kappa shape index (κ1) is 28.7. The second kappa shape index (κ2) is 11.2. The molecule has 1 aliphatic heterocycles. The Balaban J connectivity index is 1.78. The van der Waals surface area contributed by atoms with E-state index in [0.29, 0.717) is 35.8 Å². The number of ketones is 1. The van der Waals surface area contributed by atoms with E-state index in [9.17, 15) is 19.8 Å². The van der Waals surface area contributed by atoms with Crippen LogP contribution in [0.25, 0.3) is 16.5 Å². The van der Waals surface area contributed by atoms with E-state index in [4.69, 9.17) is 9.47 Å². The molecule has 1 amide bonds. The van der Waals surface area contributed by atoms with E-state index in [0.717, 1.165) is 16.3 Å². The number of anilines is 1. The SMILES string of the molecule is CCOc1cc(C2/C(=C(\O)c3ccc(OCC)c(C(C)(C)C)c3)C(=O)C(=O)N2c2cccc3ccccc23)ccc1O. The number of Topliss-reactive ketones (excluding diaryl/α,β-unsaturated/α-hetero) is 1. The Morgan fingerprint density at radius 3 is 2.26 bits per heavy atom. The lowest BCUT2D eigenvalue weighted by atomic mass is 9.84. The first-order valence-corrected chi connectivity index (χ1v) is 14.1. The lowest BCUT2D eigenvalue weighted by Gasteiger charge is -2.27. The van der Waals surface area contributed by atoms with Crippen molar-refractivity contribution in [2.45, 2.75) is 46.1 Å². The van der Waals surface area contributed by atoms with Crippen LogP contribution in [0.3, 0.4) is 0 Å². The third kappa shape index (κ3) is 5.07. The van der Waals surface area contributed by atoms with Crippen molar-refractivity contribution in [2.24, 2.45) is 0 Å². The summed E-state index contributed by atoms with van der Waals surface area (Å²) in [6.07, 6.45) is 0. The molecular formula is C35H35NO6. The van der Waals surface area contributed by atoms with Crippen molar-refractivity contribution in [2.75, 3.05) is 18.1 Å². The average Bonchev–Trinajstić information content (AvgIpc) is 3.23. The monoisotopic (exact) mass is 565 g/mol. The number of aliphatic hydroxyl groups excluding tert-OH is 1. The summed E-state index contributed by atoms with van der Waals surface area (Å²) >= 11 is 0. The number of carbonyl (C=O) groups excluding carboxylic acids is 2. The van der Waals surface area contributed by atoms with Gasteiger partial charge in [-0.25, -0.2) is 0 Å². The topological polar surface area (TPSA) is 96.3 Å². The van der Waals surface area contributed by atoms with Gasteiger partial charge in [-0.05, 0) is 66.6 Å². The van der Waals surface area contributed by atoms with Crippen LogP contribution in [0.2, 0.25) is 0 Å². The maximum absolute atomic E-state index is 13.9. The quantitative estimate of drug-likeness (QED) is 0.139. The molecule has 0 bridgehead atoms. The molecule has 0 aliphatic carbocycles. The molecule has 1 saturated heterocycles. The highest BCUT2D eigenvalue weighted by Crippen LogP contribution is 2.46. The van der Waals surface area contributed by atoms with Crippen molar-refractivity contribution < 1.29 is 29.3 Å². The molecule has 0 saturated carbocycles. The van der Waals surface area contributed by atoms with E-state index in [1.54, 1.807) is 37.3 Å². The number of hydrogen-bond donors (Lipinski definition) is 2. The Morgan fingerprint density at radius 2 is 1.55 bits per heavy atom. The van der Waals surface area contributed by atoms with E-state index in [2.05, 4.69) is 0 Å². The number of carbonyl (C=O) groups is 2. The number of nitrogens with zero attached hydrogens (tertiary/aromatic N) is 1. The number of aromatic hydroxyl groups is 1. The van der Waals surface area contributed by atoms with Gasteiger partial charge >= 0.3 is 0 Å². The molecule has 42 heavy (non-hydrogen) atoms. The lowest BCUT2D eigenvalue weighted by Crippen LogP contribution is -2.29. The zero-order valence-corrected chi connectivity index (χ0v) is 24.5. The molecule has 1 atom stereocenters. The van der Waals surface area contributed by atoms with E-state index in [1.807, 2.05) is 70.2 Å². The number of phenols is 1. The summed E-state index contributed by atoms with van der Waals surface area (Å²) in [4.78, 5) is 29.1. The van der Waals surface area contributed by atoms with Gasteiger partial charge in [0, 0.05) is 16.5 Å². The maximum Gasteiger partial charge on any atom is 0.300 e. The fourth-order valence-electron chi connectivity index (χ4n) is 5.49. The molecule has 2 N–H and O–H groups in total. The summed E-state index contributed by atoms with van der Waals surface area (Å²) < 4.78 is 11.5. The minimum absolute atomic E-state index is 0.0508. The number of rotatable bonds is 7. The van der Waals surface area contributed by atoms with Gasteiger partial charge in [0.05, 0.1) is 30.5 Å². The molecule has 5 rings (SSSR count). The van der Waals surface area contributed by atoms with Gasteiger partial charge in [-0.1, -0.05) is 63.2 Å². The number of phenolic OH excluding ortho intramolecular Hbond substituents is 1. The Bertz CT molecular complexity index is 1710. The van der Waals surface area contributed by atoms with Gasteiger partial charge in [-0.15, -0.1) is 0 Å². The van der Waals surface area contributed by atoms with Gasteiger partial charge in [0.15, 0.2) is 11.5 Å². The van der Waals surface area contributed by atoms with Crippen molar-refractivity contribution in [3.05, 3.63) is 101 Å². The zero-order chi connectivity index (χ0) is 30.2. The van der Waals surface area contributed by atoms with Crippen LogP contribution >= 0.6 is 0 Å². The number of amides is 1. The van der Waals surface area contributed by atoms with Crippen molar-refractivity contribution in [3.63, 3.8) is 0 Å². The molecule has 4 aromatic carbocycles. The summed E-state index contributed by atoms with van der Waals surface area (Å²) in [7, 11) is 0. The summed E-state index contributed by atoms with van der Waals surface area (Å²) in [5, 5.41) is 23.9. The number of benzene rings is 4. The van der Waals surface area contributed by atoms with Crippen LogP contribution in [-0.4, -0.2) is 35.1 Å². The second-order valence-electron chi connectivity index (χ2n) is 11.2. The van der Waals surface area contributed by atoms with Gasteiger partial charge in [0.25, 0.3) is 11.7 Å². The van der Waals surface area contributed by atoms with Crippen LogP contribution in [0.15, 0.2) is 84.4 Å². The molecule has 1 fully saturated rings.